The van der Waals surface area contributed by atoms with Gasteiger partial charge in [-0.05, 0) is 31.9 Å². The SMILES string of the molecule is CC(C)(C)OC(=O)c1c(CN)cccc1CN. The van der Waals surface area contributed by atoms with E-state index in [9.17, 15) is 4.79 Å². The average molecular weight is 236 g/mol. The van der Waals surface area contributed by atoms with Crippen LogP contribution in [0.15, 0.2) is 18.2 Å². The number of carbonyl (C=O) groups excluding carboxylic acids is 1. The number of rotatable bonds is 3. The molecular weight excluding hydrogens is 216 g/mol. The number of nitrogens with two attached hydrogens (primary N) is 2. The largest absolute Gasteiger partial charge is 0.456 e. The molecule has 0 saturated heterocycles. The Kier molecular flexibility index (Phi) is 4.26. The molecule has 1 aromatic carbocycles. The van der Waals surface area contributed by atoms with Crippen molar-refractivity contribution < 1.29 is 9.53 Å². The lowest BCUT2D eigenvalue weighted by atomic mass is 10.0. The molecule has 0 amide bonds. The summed E-state index contributed by atoms with van der Waals surface area (Å²) in [4.78, 5) is 12.1. The van der Waals surface area contributed by atoms with Crippen LogP contribution in [-0.4, -0.2) is 11.6 Å². The number of ether oxygens (including phenoxy) is 1. The highest BCUT2D eigenvalue weighted by molar-refractivity contribution is 5.93. The van der Waals surface area contributed by atoms with Gasteiger partial charge < -0.3 is 16.2 Å². The first-order valence-corrected chi connectivity index (χ1v) is 5.63. The zero-order valence-electron chi connectivity index (χ0n) is 10.6. The third-order valence-corrected chi connectivity index (χ3v) is 2.28. The van der Waals surface area contributed by atoms with Crippen molar-refractivity contribution in [3.63, 3.8) is 0 Å². The Labute approximate surface area is 102 Å². The summed E-state index contributed by atoms with van der Waals surface area (Å²) < 4.78 is 5.36. The van der Waals surface area contributed by atoms with E-state index in [4.69, 9.17) is 16.2 Å². The second-order valence-corrected chi connectivity index (χ2v) is 4.86. The van der Waals surface area contributed by atoms with Crippen LogP contribution in [0.4, 0.5) is 0 Å². The molecule has 0 aromatic heterocycles. The van der Waals surface area contributed by atoms with E-state index in [1.165, 1.54) is 0 Å². The Bertz CT molecular complexity index is 386. The minimum absolute atomic E-state index is 0.294. The molecule has 0 atom stereocenters. The fourth-order valence-corrected chi connectivity index (χ4v) is 1.58. The predicted octanol–water partition coefficient (Wildman–Crippen LogP) is 1.56. The lowest BCUT2D eigenvalue weighted by molar-refractivity contribution is 0.00671. The molecule has 0 bridgehead atoms. The van der Waals surface area contributed by atoms with E-state index in [0.717, 1.165) is 11.1 Å². The molecule has 4 nitrogen and oxygen atoms in total. The quantitative estimate of drug-likeness (QED) is 0.781. The highest BCUT2D eigenvalue weighted by atomic mass is 16.6. The van der Waals surface area contributed by atoms with Crippen molar-refractivity contribution in [2.24, 2.45) is 11.5 Å². The van der Waals surface area contributed by atoms with Gasteiger partial charge in [0, 0.05) is 13.1 Å². The molecule has 17 heavy (non-hydrogen) atoms. The molecule has 0 heterocycles. The fourth-order valence-electron chi connectivity index (χ4n) is 1.58. The minimum Gasteiger partial charge on any atom is -0.456 e. The van der Waals surface area contributed by atoms with Crippen LogP contribution in [0, 0.1) is 0 Å². The number of hydrogen-bond donors (Lipinski definition) is 2. The van der Waals surface area contributed by atoms with Gasteiger partial charge in [-0.3, -0.25) is 0 Å². The number of hydrogen-bond acceptors (Lipinski definition) is 4. The van der Waals surface area contributed by atoms with Gasteiger partial charge in [-0.15, -0.1) is 0 Å². The molecule has 1 aromatic rings. The molecule has 4 N–H and O–H groups in total. The number of carbonyl (C=O) groups is 1. The summed E-state index contributed by atoms with van der Waals surface area (Å²) in [5.41, 5.74) is 12.8. The van der Waals surface area contributed by atoms with Gasteiger partial charge in [-0.1, -0.05) is 18.2 Å². The highest BCUT2D eigenvalue weighted by Gasteiger charge is 2.22. The van der Waals surface area contributed by atoms with Gasteiger partial charge >= 0.3 is 5.97 Å². The summed E-state index contributed by atoms with van der Waals surface area (Å²) in [6, 6.07) is 5.48. The summed E-state index contributed by atoms with van der Waals surface area (Å²) in [6.45, 7) is 6.08. The lowest BCUT2D eigenvalue weighted by Gasteiger charge is -2.21. The van der Waals surface area contributed by atoms with E-state index in [2.05, 4.69) is 0 Å². The van der Waals surface area contributed by atoms with Crippen molar-refractivity contribution in [3.8, 4) is 0 Å². The van der Waals surface area contributed by atoms with Gasteiger partial charge in [0.15, 0.2) is 0 Å². The van der Waals surface area contributed by atoms with E-state index < -0.39 is 5.60 Å². The van der Waals surface area contributed by atoms with Crippen LogP contribution in [0.5, 0.6) is 0 Å². The smallest absolute Gasteiger partial charge is 0.339 e. The van der Waals surface area contributed by atoms with Crippen LogP contribution in [0.3, 0.4) is 0 Å². The first-order valence-electron chi connectivity index (χ1n) is 5.63. The Morgan fingerprint density at radius 1 is 1.18 bits per heavy atom. The van der Waals surface area contributed by atoms with Crippen molar-refractivity contribution in [2.45, 2.75) is 39.5 Å². The number of benzene rings is 1. The second kappa shape index (κ2) is 5.29. The molecule has 0 radical (unpaired) electrons. The van der Waals surface area contributed by atoms with Crippen LogP contribution in [0.1, 0.15) is 42.3 Å². The first kappa shape index (κ1) is 13.7. The molecule has 0 unspecified atom stereocenters. The molecule has 0 spiro atoms. The van der Waals surface area contributed by atoms with Gasteiger partial charge in [-0.2, -0.15) is 0 Å². The van der Waals surface area contributed by atoms with Crippen LogP contribution in [0.25, 0.3) is 0 Å². The first-order chi connectivity index (χ1) is 7.89. The summed E-state index contributed by atoms with van der Waals surface area (Å²) in [6.07, 6.45) is 0. The molecule has 0 saturated carbocycles. The third-order valence-electron chi connectivity index (χ3n) is 2.28. The Morgan fingerprint density at radius 3 is 2.00 bits per heavy atom. The second-order valence-electron chi connectivity index (χ2n) is 4.86. The summed E-state index contributed by atoms with van der Waals surface area (Å²) in [5, 5.41) is 0. The summed E-state index contributed by atoms with van der Waals surface area (Å²) in [5.74, 6) is -0.362. The fraction of sp³-hybridized carbons (Fsp3) is 0.462. The highest BCUT2D eigenvalue weighted by Crippen LogP contribution is 2.19. The zero-order chi connectivity index (χ0) is 13.1. The molecule has 0 aliphatic rings. The van der Waals surface area contributed by atoms with E-state index in [0.29, 0.717) is 18.7 Å². The van der Waals surface area contributed by atoms with Crippen LogP contribution in [0.2, 0.25) is 0 Å². The van der Waals surface area contributed by atoms with Crippen LogP contribution < -0.4 is 11.5 Å². The standard InChI is InChI=1S/C13H20N2O2/c1-13(2,3)17-12(16)11-9(7-14)5-4-6-10(11)8-15/h4-6H,7-8,14-15H2,1-3H3. The topological polar surface area (TPSA) is 78.3 Å². The van der Waals surface area contributed by atoms with Crippen molar-refractivity contribution >= 4 is 5.97 Å². The maximum atomic E-state index is 12.1. The normalized spacial score (nSPS) is 11.4. The van der Waals surface area contributed by atoms with E-state index >= 15 is 0 Å². The van der Waals surface area contributed by atoms with E-state index in [1.807, 2.05) is 39.0 Å². The van der Waals surface area contributed by atoms with Gasteiger partial charge in [0.25, 0.3) is 0 Å². The third kappa shape index (κ3) is 3.54. The zero-order valence-corrected chi connectivity index (χ0v) is 10.6. The van der Waals surface area contributed by atoms with Crippen molar-refractivity contribution in [1.82, 2.24) is 0 Å². The summed E-state index contributed by atoms with van der Waals surface area (Å²) >= 11 is 0. The molecular formula is C13H20N2O2. The Balaban J connectivity index is 3.14. The minimum atomic E-state index is -0.523. The Hall–Kier alpha value is -1.39. The average Bonchev–Trinajstić information content (AvgIpc) is 2.25. The maximum absolute atomic E-state index is 12.1. The monoisotopic (exact) mass is 236 g/mol. The molecule has 0 fully saturated rings. The number of esters is 1. The van der Waals surface area contributed by atoms with Crippen molar-refractivity contribution in [3.05, 3.63) is 34.9 Å². The predicted molar refractivity (Wildman–Crippen MR) is 67.4 cm³/mol. The maximum Gasteiger partial charge on any atom is 0.339 e. The van der Waals surface area contributed by atoms with Crippen LogP contribution >= 0.6 is 0 Å². The van der Waals surface area contributed by atoms with Crippen LogP contribution in [-0.2, 0) is 17.8 Å². The van der Waals surface area contributed by atoms with E-state index in [1.54, 1.807) is 0 Å². The van der Waals surface area contributed by atoms with Crippen molar-refractivity contribution in [2.75, 3.05) is 0 Å². The Morgan fingerprint density at radius 2 is 1.65 bits per heavy atom. The lowest BCUT2D eigenvalue weighted by Crippen LogP contribution is -2.26. The van der Waals surface area contributed by atoms with Gasteiger partial charge in [0.1, 0.15) is 5.60 Å². The van der Waals surface area contributed by atoms with Gasteiger partial charge in [0.2, 0.25) is 0 Å². The van der Waals surface area contributed by atoms with Gasteiger partial charge in [-0.25, -0.2) is 4.79 Å². The molecule has 0 aliphatic carbocycles. The van der Waals surface area contributed by atoms with E-state index in [-0.39, 0.29) is 5.97 Å². The molecule has 1 rings (SSSR count). The van der Waals surface area contributed by atoms with Gasteiger partial charge in [0.05, 0.1) is 5.56 Å². The molecule has 94 valence electrons. The summed E-state index contributed by atoms with van der Waals surface area (Å²) in [7, 11) is 0. The molecule has 0 aliphatic heterocycles. The van der Waals surface area contributed by atoms with Crippen molar-refractivity contribution in [1.29, 1.82) is 0 Å². The molecule has 4 heteroatoms.